The Bertz CT molecular complexity index is 375. The Labute approximate surface area is 100 Å². The molecule has 0 amide bonds. The van der Waals surface area contributed by atoms with Crippen molar-refractivity contribution in [2.45, 2.75) is 31.3 Å². The van der Waals surface area contributed by atoms with Gasteiger partial charge in [-0.15, -0.1) is 0 Å². The molecule has 1 saturated heterocycles. The Balaban J connectivity index is 1.81. The molecule has 3 unspecified atom stereocenters. The van der Waals surface area contributed by atoms with Crippen LogP contribution in [-0.4, -0.2) is 30.0 Å². The van der Waals surface area contributed by atoms with Gasteiger partial charge in [-0.05, 0) is 24.1 Å². The van der Waals surface area contributed by atoms with Crippen LogP contribution in [0.25, 0.3) is 0 Å². The maximum Gasteiger partial charge on any atom is 0.123 e. The first-order chi connectivity index (χ1) is 8.15. The lowest BCUT2D eigenvalue weighted by molar-refractivity contribution is 0.0989. The number of nitrogens with two attached hydrogens (primary N) is 1. The van der Waals surface area contributed by atoms with E-state index < -0.39 is 6.23 Å². The van der Waals surface area contributed by atoms with Gasteiger partial charge in [-0.3, -0.25) is 5.32 Å². The molecule has 5 N–H and O–H groups in total. The SMILES string of the molecule is NC1CNC(C(O)NCc2cccc(F)c2)C1. The summed E-state index contributed by atoms with van der Waals surface area (Å²) in [6.07, 6.45) is 0.0870. The van der Waals surface area contributed by atoms with Crippen LogP contribution >= 0.6 is 0 Å². The quantitative estimate of drug-likeness (QED) is 0.555. The fourth-order valence-electron chi connectivity index (χ4n) is 2.05. The van der Waals surface area contributed by atoms with E-state index in [4.69, 9.17) is 5.73 Å². The fourth-order valence-corrected chi connectivity index (χ4v) is 2.05. The van der Waals surface area contributed by atoms with Gasteiger partial charge in [-0.25, -0.2) is 4.39 Å². The molecule has 0 bridgehead atoms. The van der Waals surface area contributed by atoms with E-state index >= 15 is 0 Å². The molecule has 1 aromatic rings. The predicted octanol–water partition coefficient (Wildman–Crippen LogP) is -0.0771. The lowest BCUT2D eigenvalue weighted by Gasteiger charge is -2.19. The van der Waals surface area contributed by atoms with Gasteiger partial charge in [0.25, 0.3) is 0 Å². The van der Waals surface area contributed by atoms with E-state index in [9.17, 15) is 9.50 Å². The zero-order chi connectivity index (χ0) is 12.3. The van der Waals surface area contributed by atoms with Crippen LogP contribution in [0.2, 0.25) is 0 Å². The first-order valence-corrected chi connectivity index (χ1v) is 5.80. The fraction of sp³-hybridized carbons (Fsp3) is 0.500. The van der Waals surface area contributed by atoms with Crippen molar-refractivity contribution in [3.05, 3.63) is 35.6 Å². The van der Waals surface area contributed by atoms with Crippen LogP contribution in [0, 0.1) is 5.82 Å². The van der Waals surface area contributed by atoms with Gasteiger partial charge in [-0.1, -0.05) is 12.1 Å². The molecule has 94 valence electrons. The normalized spacial score (nSPS) is 26.1. The Morgan fingerprint density at radius 1 is 1.59 bits per heavy atom. The van der Waals surface area contributed by atoms with Gasteiger partial charge >= 0.3 is 0 Å². The van der Waals surface area contributed by atoms with E-state index in [2.05, 4.69) is 10.6 Å². The second-order valence-electron chi connectivity index (χ2n) is 4.47. The summed E-state index contributed by atoms with van der Waals surface area (Å²) in [5.74, 6) is -0.264. The van der Waals surface area contributed by atoms with E-state index in [-0.39, 0.29) is 17.9 Å². The van der Waals surface area contributed by atoms with Crippen LogP contribution in [0.1, 0.15) is 12.0 Å². The molecular formula is C12H18FN3O. The van der Waals surface area contributed by atoms with Crippen molar-refractivity contribution in [2.75, 3.05) is 6.54 Å². The Kier molecular flexibility index (Phi) is 4.06. The van der Waals surface area contributed by atoms with Crippen molar-refractivity contribution in [1.82, 2.24) is 10.6 Å². The van der Waals surface area contributed by atoms with Gasteiger partial charge in [-0.2, -0.15) is 0 Å². The van der Waals surface area contributed by atoms with Gasteiger partial charge in [0.05, 0.1) is 0 Å². The molecule has 1 aromatic carbocycles. The summed E-state index contributed by atoms with van der Waals surface area (Å²) in [6.45, 7) is 1.16. The highest BCUT2D eigenvalue weighted by atomic mass is 19.1. The molecule has 17 heavy (non-hydrogen) atoms. The summed E-state index contributed by atoms with van der Waals surface area (Å²) < 4.78 is 12.9. The molecule has 0 spiro atoms. The number of benzene rings is 1. The van der Waals surface area contributed by atoms with Crippen molar-refractivity contribution in [3.8, 4) is 0 Å². The van der Waals surface area contributed by atoms with Crippen LogP contribution in [0.5, 0.6) is 0 Å². The summed E-state index contributed by atoms with van der Waals surface area (Å²) in [5, 5.41) is 16.0. The van der Waals surface area contributed by atoms with Crippen molar-refractivity contribution in [2.24, 2.45) is 5.73 Å². The minimum Gasteiger partial charge on any atom is -0.377 e. The largest absolute Gasteiger partial charge is 0.377 e. The summed E-state index contributed by atoms with van der Waals surface area (Å²) in [6, 6.07) is 6.40. The highest BCUT2D eigenvalue weighted by Gasteiger charge is 2.26. The lowest BCUT2D eigenvalue weighted by Crippen LogP contribution is -2.44. The number of halogens is 1. The maximum absolute atomic E-state index is 12.9. The summed E-state index contributed by atoms with van der Waals surface area (Å²) in [4.78, 5) is 0. The molecule has 0 saturated carbocycles. The summed E-state index contributed by atoms with van der Waals surface area (Å²) in [7, 11) is 0. The number of aliphatic hydroxyl groups excluding tert-OH is 1. The zero-order valence-electron chi connectivity index (χ0n) is 9.57. The molecule has 5 heteroatoms. The van der Waals surface area contributed by atoms with E-state index in [1.165, 1.54) is 12.1 Å². The number of aliphatic hydroxyl groups is 1. The molecule has 1 heterocycles. The number of rotatable bonds is 4. The molecule has 1 aliphatic rings. The van der Waals surface area contributed by atoms with E-state index in [1.807, 2.05) is 6.07 Å². The van der Waals surface area contributed by atoms with E-state index in [0.29, 0.717) is 6.54 Å². The second kappa shape index (κ2) is 5.55. The van der Waals surface area contributed by atoms with Crippen LogP contribution < -0.4 is 16.4 Å². The third kappa shape index (κ3) is 3.47. The topological polar surface area (TPSA) is 70.3 Å². The number of hydrogen-bond donors (Lipinski definition) is 4. The van der Waals surface area contributed by atoms with Crippen molar-refractivity contribution >= 4 is 0 Å². The molecule has 2 rings (SSSR count). The Morgan fingerprint density at radius 2 is 2.41 bits per heavy atom. The first-order valence-electron chi connectivity index (χ1n) is 5.80. The lowest BCUT2D eigenvalue weighted by atomic mass is 10.1. The highest BCUT2D eigenvalue weighted by Crippen LogP contribution is 2.08. The summed E-state index contributed by atoms with van der Waals surface area (Å²) in [5.41, 5.74) is 6.55. The molecule has 3 atom stereocenters. The van der Waals surface area contributed by atoms with Crippen molar-refractivity contribution < 1.29 is 9.50 Å². The van der Waals surface area contributed by atoms with Crippen LogP contribution in [0.4, 0.5) is 4.39 Å². The Hall–Kier alpha value is -1.01. The molecule has 1 aliphatic heterocycles. The van der Waals surface area contributed by atoms with Crippen molar-refractivity contribution in [1.29, 1.82) is 0 Å². The first kappa shape index (κ1) is 12.4. The molecular weight excluding hydrogens is 221 g/mol. The Morgan fingerprint density at radius 3 is 3.06 bits per heavy atom. The van der Waals surface area contributed by atoms with Crippen LogP contribution in [0.15, 0.2) is 24.3 Å². The number of hydrogen-bond acceptors (Lipinski definition) is 4. The third-order valence-corrected chi connectivity index (χ3v) is 2.98. The van der Waals surface area contributed by atoms with Crippen LogP contribution in [-0.2, 0) is 6.54 Å². The zero-order valence-corrected chi connectivity index (χ0v) is 9.57. The molecule has 0 radical (unpaired) electrons. The molecule has 4 nitrogen and oxygen atoms in total. The molecule has 0 aromatic heterocycles. The van der Waals surface area contributed by atoms with Gasteiger partial charge < -0.3 is 16.2 Å². The highest BCUT2D eigenvalue weighted by molar-refractivity contribution is 5.16. The monoisotopic (exact) mass is 239 g/mol. The van der Waals surface area contributed by atoms with Gasteiger partial charge in [0.15, 0.2) is 0 Å². The standard InChI is InChI=1S/C12H18FN3O/c13-9-3-1-2-8(4-9)6-16-12(17)11-5-10(14)7-15-11/h1-4,10-12,15-17H,5-7,14H2. The average Bonchev–Trinajstić information content (AvgIpc) is 2.73. The average molecular weight is 239 g/mol. The van der Waals surface area contributed by atoms with Gasteiger partial charge in [0, 0.05) is 25.2 Å². The predicted molar refractivity (Wildman–Crippen MR) is 63.6 cm³/mol. The number of nitrogens with one attached hydrogen (secondary N) is 2. The summed E-state index contributed by atoms with van der Waals surface area (Å²) >= 11 is 0. The van der Waals surface area contributed by atoms with Gasteiger partial charge in [0.2, 0.25) is 0 Å². The van der Waals surface area contributed by atoms with Crippen molar-refractivity contribution in [3.63, 3.8) is 0 Å². The molecule has 1 fully saturated rings. The van der Waals surface area contributed by atoms with E-state index in [1.54, 1.807) is 6.07 Å². The second-order valence-corrected chi connectivity index (χ2v) is 4.47. The minimum absolute atomic E-state index is 0.0291. The third-order valence-electron chi connectivity index (χ3n) is 2.98. The smallest absolute Gasteiger partial charge is 0.123 e. The van der Waals surface area contributed by atoms with E-state index in [0.717, 1.165) is 18.5 Å². The maximum atomic E-state index is 12.9. The van der Waals surface area contributed by atoms with Crippen LogP contribution in [0.3, 0.4) is 0 Å². The van der Waals surface area contributed by atoms with Gasteiger partial charge in [0.1, 0.15) is 12.0 Å². The minimum atomic E-state index is -0.660. The molecule has 0 aliphatic carbocycles.